The Morgan fingerprint density at radius 2 is 1.51 bits per heavy atom. The van der Waals surface area contributed by atoms with Gasteiger partial charge in [-0.05, 0) is 72.5 Å². The highest BCUT2D eigenvalue weighted by molar-refractivity contribution is 6.30. The summed E-state index contributed by atoms with van der Waals surface area (Å²) in [6, 6.07) is 23.5. The molecule has 7 heteroatoms. The first kappa shape index (κ1) is 26.1. The maximum atomic E-state index is 13.2. The van der Waals surface area contributed by atoms with Gasteiger partial charge in [0.25, 0.3) is 0 Å². The molecule has 0 saturated carbocycles. The van der Waals surface area contributed by atoms with E-state index < -0.39 is 0 Å². The Morgan fingerprint density at radius 1 is 0.886 bits per heavy atom. The quantitative estimate of drug-likeness (QED) is 0.312. The summed E-state index contributed by atoms with van der Waals surface area (Å²) in [6.07, 6.45) is 1.06. The monoisotopic (exact) mass is 493 g/mol. The fourth-order valence-corrected chi connectivity index (χ4v) is 3.53. The van der Waals surface area contributed by atoms with E-state index in [1.165, 1.54) is 0 Å². The molecular weight excluding hydrogens is 462 g/mol. The van der Waals surface area contributed by atoms with Crippen molar-refractivity contribution in [2.75, 3.05) is 23.3 Å². The number of benzene rings is 3. The molecule has 0 aliphatic rings. The van der Waals surface area contributed by atoms with Crippen LogP contribution < -0.4 is 20.3 Å². The molecule has 0 saturated heterocycles. The van der Waals surface area contributed by atoms with Crippen molar-refractivity contribution >= 4 is 34.9 Å². The second-order valence-electron chi connectivity index (χ2n) is 9.44. The van der Waals surface area contributed by atoms with E-state index in [2.05, 4.69) is 10.6 Å². The van der Waals surface area contributed by atoms with E-state index >= 15 is 0 Å². The number of hydrogen-bond donors (Lipinski definition) is 2. The molecule has 184 valence electrons. The highest BCUT2D eigenvalue weighted by atomic mass is 35.5. The van der Waals surface area contributed by atoms with E-state index in [1.54, 1.807) is 29.2 Å². The normalized spacial score (nSPS) is 11.0. The molecule has 3 rings (SSSR count). The zero-order valence-electron chi connectivity index (χ0n) is 20.4. The molecule has 3 amide bonds. The van der Waals surface area contributed by atoms with E-state index in [-0.39, 0.29) is 17.4 Å². The van der Waals surface area contributed by atoms with E-state index in [9.17, 15) is 9.59 Å². The van der Waals surface area contributed by atoms with Crippen LogP contribution in [0.5, 0.6) is 11.5 Å². The average molecular weight is 494 g/mol. The van der Waals surface area contributed by atoms with Crippen LogP contribution in [0, 0.1) is 5.41 Å². The number of amides is 3. The maximum Gasteiger partial charge on any atom is 0.326 e. The summed E-state index contributed by atoms with van der Waals surface area (Å²) < 4.78 is 5.87. The molecule has 3 aromatic rings. The third-order valence-corrected chi connectivity index (χ3v) is 5.29. The third-order valence-electron chi connectivity index (χ3n) is 5.04. The summed E-state index contributed by atoms with van der Waals surface area (Å²) in [7, 11) is 0. The topological polar surface area (TPSA) is 70.7 Å². The molecule has 0 aliphatic heterocycles. The molecule has 3 aromatic carbocycles. The number of urea groups is 1. The Balaban J connectivity index is 1.67. The Kier molecular flexibility index (Phi) is 9.15. The second kappa shape index (κ2) is 12.3. The first-order valence-corrected chi connectivity index (χ1v) is 12.0. The number of carbonyl (C=O) groups is 2. The Hall–Kier alpha value is -3.51. The summed E-state index contributed by atoms with van der Waals surface area (Å²) in [5.74, 6) is 1.42. The van der Waals surface area contributed by atoms with Crippen molar-refractivity contribution in [2.45, 2.75) is 33.6 Å². The van der Waals surface area contributed by atoms with Crippen LogP contribution in [0.4, 0.5) is 16.2 Å². The van der Waals surface area contributed by atoms with Crippen LogP contribution in [-0.4, -0.2) is 25.0 Å². The molecule has 6 nitrogen and oxygen atoms in total. The van der Waals surface area contributed by atoms with Gasteiger partial charge < -0.3 is 15.4 Å². The predicted molar refractivity (Wildman–Crippen MR) is 142 cm³/mol. The van der Waals surface area contributed by atoms with Crippen LogP contribution >= 0.6 is 11.6 Å². The first-order valence-electron chi connectivity index (χ1n) is 11.6. The lowest BCUT2D eigenvalue weighted by atomic mass is 9.92. The SMILES string of the molecule is CC(C)(C)CC(=O)NCCCN(C(=O)Nc1ccc(Cl)cc1)c1ccc(Oc2ccccc2)cc1. The van der Waals surface area contributed by atoms with Gasteiger partial charge in [-0.2, -0.15) is 0 Å². The van der Waals surface area contributed by atoms with Gasteiger partial charge in [0.05, 0.1) is 0 Å². The van der Waals surface area contributed by atoms with Crippen LogP contribution in [0.15, 0.2) is 78.9 Å². The Labute approximate surface area is 212 Å². The number of ether oxygens (including phenoxy) is 1. The molecule has 0 fully saturated rings. The van der Waals surface area contributed by atoms with Gasteiger partial charge in [0, 0.05) is 35.9 Å². The number of para-hydroxylation sites is 1. The number of nitrogens with one attached hydrogen (secondary N) is 2. The van der Waals surface area contributed by atoms with Crippen molar-refractivity contribution < 1.29 is 14.3 Å². The van der Waals surface area contributed by atoms with Gasteiger partial charge in [-0.3, -0.25) is 9.69 Å². The summed E-state index contributed by atoms with van der Waals surface area (Å²) in [5.41, 5.74) is 1.29. The van der Waals surface area contributed by atoms with Gasteiger partial charge in [0.1, 0.15) is 11.5 Å². The Bertz CT molecular complexity index is 1100. The van der Waals surface area contributed by atoms with E-state index in [1.807, 2.05) is 75.4 Å². The summed E-state index contributed by atoms with van der Waals surface area (Å²) in [4.78, 5) is 26.9. The molecule has 2 N–H and O–H groups in total. The van der Waals surface area contributed by atoms with Crippen molar-refractivity contribution in [3.8, 4) is 11.5 Å². The van der Waals surface area contributed by atoms with E-state index in [4.69, 9.17) is 16.3 Å². The molecule has 0 aliphatic carbocycles. The van der Waals surface area contributed by atoms with Crippen LogP contribution in [0.2, 0.25) is 5.02 Å². The zero-order valence-corrected chi connectivity index (χ0v) is 21.1. The lowest BCUT2D eigenvalue weighted by Crippen LogP contribution is -2.37. The van der Waals surface area contributed by atoms with E-state index in [0.29, 0.717) is 42.4 Å². The zero-order chi connectivity index (χ0) is 25.3. The van der Waals surface area contributed by atoms with Crippen molar-refractivity contribution in [1.82, 2.24) is 5.32 Å². The lowest BCUT2D eigenvalue weighted by molar-refractivity contribution is -0.122. The van der Waals surface area contributed by atoms with Gasteiger partial charge in [0.15, 0.2) is 0 Å². The number of halogens is 1. The number of nitrogens with zero attached hydrogens (tertiary/aromatic N) is 1. The molecule has 0 unspecified atom stereocenters. The molecule has 0 bridgehead atoms. The first-order chi connectivity index (χ1) is 16.7. The molecule has 0 atom stereocenters. The van der Waals surface area contributed by atoms with Gasteiger partial charge in [-0.15, -0.1) is 0 Å². The summed E-state index contributed by atoms with van der Waals surface area (Å²) in [5, 5.41) is 6.46. The molecule has 0 heterocycles. The number of hydrogen-bond acceptors (Lipinski definition) is 3. The second-order valence-corrected chi connectivity index (χ2v) is 9.88. The number of rotatable bonds is 9. The highest BCUT2D eigenvalue weighted by Crippen LogP contribution is 2.25. The standard InChI is InChI=1S/C28H32ClN3O3/c1-28(2,3)20-26(33)30-18-7-19-32(27(34)31-22-12-10-21(29)11-13-22)23-14-16-25(17-15-23)35-24-8-5-4-6-9-24/h4-6,8-17H,7,18-20H2,1-3H3,(H,30,33)(H,31,34). The third kappa shape index (κ3) is 8.98. The molecule has 0 radical (unpaired) electrons. The molecule has 35 heavy (non-hydrogen) atoms. The summed E-state index contributed by atoms with van der Waals surface area (Å²) in [6.45, 7) is 6.99. The minimum Gasteiger partial charge on any atom is -0.457 e. The van der Waals surface area contributed by atoms with E-state index in [0.717, 1.165) is 11.4 Å². The van der Waals surface area contributed by atoms with Crippen LogP contribution in [0.1, 0.15) is 33.6 Å². The van der Waals surface area contributed by atoms with Crippen LogP contribution in [0.3, 0.4) is 0 Å². The van der Waals surface area contributed by atoms with Gasteiger partial charge in [-0.1, -0.05) is 50.6 Å². The van der Waals surface area contributed by atoms with Crippen molar-refractivity contribution in [2.24, 2.45) is 5.41 Å². The molecule has 0 spiro atoms. The minimum absolute atomic E-state index is 0.0112. The fourth-order valence-electron chi connectivity index (χ4n) is 3.40. The summed E-state index contributed by atoms with van der Waals surface area (Å²) >= 11 is 5.96. The number of anilines is 2. The minimum atomic E-state index is -0.273. The maximum absolute atomic E-state index is 13.2. The van der Waals surface area contributed by atoms with Crippen molar-refractivity contribution in [3.63, 3.8) is 0 Å². The average Bonchev–Trinajstić information content (AvgIpc) is 2.81. The fraction of sp³-hybridized carbons (Fsp3) is 0.286. The number of carbonyl (C=O) groups excluding carboxylic acids is 2. The van der Waals surface area contributed by atoms with Gasteiger partial charge in [0.2, 0.25) is 5.91 Å². The molecular formula is C28H32ClN3O3. The van der Waals surface area contributed by atoms with Gasteiger partial charge >= 0.3 is 6.03 Å². The highest BCUT2D eigenvalue weighted by Gasteiger charge is 2.18. The largest absolute Gasteiger partial charge is 0.457 e. The molecule has 0 aromatic heterocycles. The van der Waals surface area contributed by atoms with Crippen LogP contribution in [-0.2, 0) is 4.79 Å². The lowest BCUT2D eigenvalue weighted by Gasteiger charge is -2.24. The van der Waals surface area contributed by atoms with Gasteiger partial charge in [-0.25, -0.2) is 4.79 Å². The smallest absolute Gasteiger partial charge is 0.326 e. The van der Waals surface area contributed by atoms with Crippen molar-refractivity contribution in [3.05, 3.63) is 83.9 Å². The van der Waals surface area contributed by atoms with Crippen molar-refractivity contribution in [1.29, 1.82) is 0 Å². The van der Waals surface area contributed by atoms with Crippen LogP contribution in [0.25, 0.3) is 0 Å². The predicted octanol–water partition coefficient (Wildman–Crippen LogP) is 7.11. The Morgan fingerprint density at radius 3 is 2.14 bits per heavy atom.